The van der Waals surface area contributed by atoms with Gasteiger partial charge in [-0.1, -0.05) is 12.1 Å². The lowest BCUT2D eigenvalue weighted by Crippen LogP contribution is -2.17. The monoisotopic (exact) mass is 207 g/mol. The van der Waals surface area contributed by atoms with Crippen molar-refractivity contribution in [2.75, 3.05) is 20.7 Å². The molecule has 1 fully saturated rings. The van der Waals surface area contributed by atoms with Gasteiger partial charge in [-0.05, 0) is 17.7 Å². The molecule has 0 bridgehead atoms. The summed E-state index contributed by atoms with van der Waals surface area (Å²) in [5, 5.41) is 0. The number of likely N-dealkylation sites (N-methyl/N-ethyl adjacent to an activating group) is 1. The van der Waals surface area contributed by atoms with Gasteiger partial charge in [0.05, 0.1) is 13.7 Å². The van der Waals surface area contributed by atoms with Gasteiger partial charge < -0.3 is 14.4 Å². The number of carbonyl (C=O) groups is 1. The van der Waals surface area contributed by atoms with Gasteiger partial charge in [-0.3, -0.25) is 0 Å². The quantitative estimate of drug-likeness (QED) is 0.742. The van der Waals surface area contributed by atoms with E-state index in [9.17, 15) is 4.79 Å². The zero-order valence-corrected chi connectivity index (χ0v) is 8.77. The first kappa shape index (κ1) is 9.83. The summed E-state index contributed by atoms with van der Waals surface area (Å²) in [6.45, 7) is 0.589. The molecule has 0 saturated carbocycles. The maximum absolute atomic E-state index is 11.2. The van der Waals surface area contributed by atoms with Crippen LogP contribution in [-0.2, 0) is 4.74 Å². The van der Waals surface area contributed by atoms with E-state index in [-0.39, 0.29) is 12.2 Å². The molecular weight excluding hydrogens is 194 g/mol. The van der Waals surface area contributed by atoms with E-state index in [1.165, 1.54) is 0 Å². The van der Waals surface area contributed by atoms with Crippen molar-refractivity contribution in [1.82, 2.24) is 4.90 Å². The van der Waals surface area contributed by atoms with Gasteiger partial charge in [0.1, 0.15) is 11.9 Å². The van der Waals surface area contributed by atoms with Crippen LogP contribution in [0, 0.1) is 0 Å². The Labute approximate surface area is 88.4 Å². The second-order valence-electron chi connectivity index (χ2n) is 3.53. The molecule has 2 rings (SSSR count). The Balaban J connectivity index is 2.19. The van der Waals surface area contributed by atoms with Crippen LogP contribution in [0.15, 0.2) is 24.3 Å². The fourth-order valence-corrected chi connectivity index (χ4v) is 1.59. The second-order valence-corrected chi connectivity index (χ2v) is 3.53. The number of hydrogen-bond donors (Lipinski definition) is 0. The van der Waals surface area contributed by atoms with Crippen LogP contribution >= 0.6 is 0 Å². The number of hydrogen-bond acceptors (Lipinski definition) is 3. The zero-order chi connectivity index (χ0) is 10.8. The minimum absolute atomic E-state index is 0.183. The molecule has 15 heavy (non-hydrogen) atoms. The highest BCUT2D eigenvalue weighted by atomic mass is 16.6. The Morgan fingerprint density at radius 3 is 2.93 bits per heavy atom. The van der Waals surface area contributed by atoms with E-state index in [1.54, 1.807) is 19.1 Å². The summed E-state index contributed by atoms with van der Waals surface area (Å²) in [4.78, 5) is 12.7. The van der Waals surface area contributed by atoms with Gasteiger partial charge >= 0.3 is 6.09 Å². The third-order valence-corrected chi connectivity index (χ3v) is 2.46. The largest absolute Gasteiger partial charge is 0.497 e. The van der Waals surface area contributed by atoms with E-state index < -0.39 is 0 Å². The standard InChI is InChI=1S/C11H13NO3/c1-12-7-10(15-11(12)13)8-4-3-5-9(6-8)14-2/h3-6,10H,7H2,1-2H3. The zero-order valence-electron chi connectivity index (χ0n) is 8.77. The number of ether oxygens (including phenoxy) is 2. The molecule has 1 saturated heterocycles. The van der Waals surface area contributed by atoms with Crippen LogP contribution in [-0.4, -0.2) is 31.7 Å². The number of benzene rings is 1. The number of cyclic esters (lactones) is 1. The van der Waals surface area contributed by atoms with E-state index in [0.717, 1.165) is 11.3 Å². The van der Waals surface area contributed by atoms with Crippen molar-refractivity contribution in [2.24, 2.45) is 0 Å². The molecule has 4 heteroatoms. The summed E-state index contributed by atoms with van der Waals surface area (Å²) < 4.78 is 10.3. The summed E-state index contributed by atoms with van der Waals surface area (Å²) in [6, 6.07) is 7.57. The Morgan fingerprint density at radius 2 is 2.33 bits per heavy atom. The van der Waals surface area contributed by atoms with Crippen LogP contribution in [0.25, 0.3) is 0 Å². The van der Waals surface area contributed by atoms with Gasteiger partial charge in [0.15, 0.2) is 0 Å². The van der Waals surface area contributed by atoms with Crippen LogP contribution in [0.3, 0.4) is 0 Å². The van der Waals surface area contributed by atoms with E-state index >= 15 is 0 Å². The third kappa shape index (κ3) is 1.88. The van der Waals surface area contributed by atoms with Crippen LogP contribution < -0.4 is 4.74 Å². The number of rotatable bonds is 2. The number of carbonyl (C=O) groups excluding carboxylic acids is 1. The maximum Gasteiger partial charge on any atom is 0.410 e. The van der Waals surface area contributed by atoms with Gasteiger partial charge in [0, 0.05) is 7.05 Å². The van der Waals surface area contributed by atoms with Gasteiger partial charge in [-0.15, -0.1) is 0 Å². The first-order valence-corrected chi connectivity index (χ1v) is 4.76. The molecule has 0 spiro atoms. The Morgan fingerprint density at radius 1 is 1.53 bits per heavy atom. The fraction of sp³-hybridized carbons (Fsp3) is 0.364. The summed E-state index contributed by atoms with van der Waals surface area (Å²) >= 11 is 0. The second kappa shape index (κ2) is 3.81. The van der Waals surface area contributed by atoms with Crippen molar-refractivity contribution in [3.63, 3.8) is 0 Å². The minimum atomic E-state index is -0.275. The Bertz CT molecular complexity index is 378. The summed E-state index contributed by atoms with van der Waals surface area (Å²) in [5.41, 5.74) is 0.965. The molecule has 0 aliphatic carbocycles. The lowest BCUT2D eigenvalue weighted by atomic mass is 10.1. The fourth-order valence-electron chi connectivity index (χ4n) is 1.59. The van der Waals surface area contributed by atoms with E-state index in [2.05, 4.69) is 0 Å². The first-order valence-electron chi connectivity index (χ1n) is 4.76. The molecule has 1 aliphatic rings. The van der Waals surface area contributed by atoms with Gasteiger partial charge in [0.25, 0.3) is 0 Å². The van der Waals surface area contributed by atoms with Gasteiger partial charge in [0.2, 0.25) is 0 Å². The third-order valence-electron chi connectivity index (χ3n) is 2.46. The molecule has 1 aromatic carbocycles. The van der Waals surface area contributed by atoms with E-state index in [1.807, 2.05) is 24.3 Å². The van der Waals surface area contributed by atoms with Crippen molar-refractivity contribution in [3.8, 4) is 5.75 Å². The summed E-state index contributed by atoms with van der Waals surface area (Å²) in [5.74, 6) is 0.776. The molecular formula is C11H13NO3. The normalized spacial score (nSPS) is 20.3. The molecule has 1 heterocycles. The van der Waals surface area contributed by atoms with Crippen molar-refractivity contribution in [3.05, 3.63) is 29.8 Å². The smallest absolute Gasteiger partial charge is 0.410 e. The van der Waals surface area contributed by atoms with Crippen molar-refractivity contribution in [1.29, 1.82) is 0 Å². The number of nitrogens with zero attached hydrogens (tertiary/aromatic N) is 1. The first-order chi connectivity index (χ1) is 7.20. The van der Waals surface area contributed by atoms with Gasteiger partial charge in [-0.2, -0.15) is 0 Å². The molecule has 1 aliphatic heterocycles. The number of amides is 1. The average molecular weight is 207 g/mol. The molecule has 1 atom stereocenters. The van der Waals surface area contributed by atoms with Crippen LogP contribution in [0.4, 0.5) is 4.79 Å². The predicted molar refractivity (Wildman–Crippen MR) is 54.8 cm³/mol. The van der Waals surface area contributed by atoms with Crippen molar-refractivity contribution in [2.45, 2.75) is 6.10 Å². The molecule has 0 radical (unpaired) electrons. The molecule has 0 N–H and O–H groups in total. The van der Waals surface area contributed by atoms with E-state index in [4.69, 9.17) is 9.47 Å². The van der Waals surface area contributed by atoms with E-state index in [0.29, 0.717) is 6.54 Å². The predicted octanol–water partition coefficient (Wildman–Crippen LogP) is 1.82. The van der Waals surface area contributed by atoms with Crippen molar-refractivity contribution < 1.29 is 14.3 Å². The SMILES string of the molecule is COc1cccc(C2CN(C)C(=O)O2)c1. The highest BCUT2D eigenvalue weighted by Crippen LogP contribution is 2.27. The van der Waals surface area contributed by atoms with Gasteiger partial charge in [-0.25, -0.2) is 4.79 Å². The van der Waals surface area contributed by atoms with Crippen LogP contribution in [0.2, 0.25) is 0 Å². The Hall–Kier alpha value is -1.71. The molecule has 0 aromatic heterocycles. The van der Waals surface area contributed by atoms with Crippen LogP contribution in [0.1, 0.15) is 11.7 Å². The highest BCUT2D eigenvalue weighted by molar-refractivity contribution is 5.69. The molecule has 1 unspecified atom stereocenters. The highest BCUT2D eigenvalue weighted by Gasteiger charge is 2.29. The topological polar surface area (TPSA) is 38.8 Å². The summed E-state index contributed by atoms with van der Waals surface area (Å²) in [7, 11) is 3.34. The molecule has 80 valence electrons. The Kier molecular flexibility index (Phi) is 2.49. The summed E-state index contributed by atoms with van der Waals surface area (Å²) in [6.07, 6.45) is -0.458. The van der Waals surface area contributed by atoms with Crippen molar-refractivity contribution >= 4 is 6.09 Å². The molecule has 1 amide bonds. The lowest BCUT2D eigenvalue weighted by molar-refractivity contribution is 0.134. The lowest BCUT2D eigenvalue weighted by Gasteiger charge is -2.09. The average Bonchev–Trinajstić information content (AvgIpc) is 2.59. The molecule has 1 aromatic rings. The minimum Gasteiger partial charge on any atom is -0.497 e. The number of methoxy groups -OCH3 is 1. The molecule has 4 nitrogen and oxygen atoms in total. The maximum atomic E-state index is 11.2. The van der Waals surface area contributed by atoms with Crippen LogP contribution in [0.5, 0.6) is 5.75 Å².